The maximum Gasteiger partial charge on any atom is 0.159 e. The summed E-state index contributed by atoms with van der Waals surface area (Å²) in [7, 11) is 0. The molecule has 0 aliphatic carbocycles. The number of anilines is 1. The number of benzene rings is 1. The number of rotatable bonds is 6. The zero-order chi connectivity index (χ0) is 24.6. The van der Waals surface area contributed by atoms with Crippen LogP contribution in [0.2, 0.25) is 0 Å². The second kappa shape index (κ2) is 8.74. The van der Waals surface area contributed by atoms with E-state index in [1.807, 2.05) is 36.8 Å². The SMILES string of the molecule is C=C(Nc1cncc(-c2ccc3[nH]nc(-c4nc5c(-c6cccnc6)cncc5[nH]4)c3c2)c1)C(C)C. The number of allylic oxidation sites excluding steroid dienone is 1. The monoisotopic (exact) mass is 472 g/mol. The third-order valence-corrected chi connectivity index (χ3v) is 6.23. The summed E-state index contributed by atoms with van der Waals surface area (Å²) in [6, 6.07) is 12.2. The predicted octanol–water partition coefficient (Wildman–Crippen LogP) is 6.21. The number of hydrogen-bond acceptors (Lipinski definition) is 6. The average molecular weight is 473 g/mol. The fourth-order valence-electron chi connectivity index (χ4n) is 4.15. The van der Waals surface area contributed by atoms with Gasteiger partial charge >= 0.3 is 0 Å². The Labute approximate surface area is 207 Å². The minimum absolute atomic E-state index is 0.330. The van der Waals surface area contributed by atoms with Crippen LogP contribution >= 0.6 is 0 Å². The molecule has 36 heavy (non-hydrogen) atoms. The van der Waals surface area contributed by atoms with Gasteiger partial charge in [-0.3, -0.25) is 20.1 Å². The van der Waals surface area contributed by atoms with E-state index in [1.54, 1.807) is 18.6 Å². The number of pyridine rings is 3. The van der Waals surface area contributed by atoms with E-state index in [2.05, 4.69) is 74.1 Å². The van der Waals surface area contributed by atoms with Crippen molar-refractivity contribution in [3.8, 4) is 33.8 Å². The van der Waals surface area contributed by atoms with Crippen LogP contribution < -0.4 is 5.32 Å². The number of imidazole rings is 1. The molecule has 0 aliphatic rings. The summed E-state index contributed by atoms with van der Waals surface area (Å²) >= 11 is 0. The normalized spacial score (nSPS) is 11.4. The molecular weight excluding hydrogens is 448 g/mol. The summed E-state index contributed by atoms with van der Waals surface area (Å²) in [4.78, 5) is 21.4. The lowest BCUT2D eigenvalue weighted by Crippen LogP contribution is -2.04. The third-order valence-electron chi connectivity index (χ3n) is 6.23. The summed E-state index contributed by atoms with van der Waals surface area (Å²) in [6.45, 7) is 8.32. The standard InChI is InChI=1S/C28H24N8/c1-16(2)17(3)32-21-9-20(12-30-13-21)18-6-7-24-22(10-18)27(36-35-24)28-33-25-15-31-14-23(26(25)34-28)19-5-4-8-29-11-19/h4-16,32H,3H2,1-2H3,(H,33,34)(H,35,36). The molecule has 0 unspecified atom stereocenters. The van der Waals surface area contributed by atoms with Crippen LogP contribution in [0.1, 0.15) is 13.8 Å². The van der Waals surface area contributed by atoms with Crippen LogP contribution in [-0.2, 0) is 0 Å². The summed E-state index contributed by atoms with van der Waals surface area (Å²) in [5.41, 5.74) is 9.11. The molecule has 0 fully saturated rings. The highest BCUT2D eigenvalue weighted by Gasteiger charge is 2.16. The van der Waals surface area contributed by atoms with Crippen LogP contribution in [0.5, 0.6) is 0 Å². The van der Waals surface area contributed by atoms with E-state index in [-0.39, 0.29) is 0 Å². The molecule has 8 nitrogen and oxygen atoms in total. The van der Waals surface area contributed by atoms with E-state index in [4.69, 9.17) is 4.98 Å². The first kappa shape index (κ1) is 21.7. The largest absolute Gasteiger partial charge is 0.358 e. The Hall–Kier alpha value is -4.85. The van der Waals surface area contributed by atoms with Gasteiger partial charge in [0.2, 0.25) is 0 Å². The van der Waals surface area contributed by atoms with Crippen LogP contribution in [0.4, 0.5) is 5.69 Å². The van der Waals surface area contributed by atoms with E-state index in [0.717, 1.165) is 61.3 Å². The zero-order valence-electron chi connectivity index (χ0n) is 19.9. The molecule has 0 amide bonds. The van der Waals surface area contributed by atoms with E-state index >= 15 is 0 Å². The fourth-order valence-corrected chi connectivity index (χ4v) is 4.15. The lowest BCUT2D eigenvalue weighted by Gasteiger charge is -2.13. The van der Waals surface area contributed by atoms with E-state index < -0.39 is 0 Å². The van der Waals surface area contributed by atoms with Crippen molar-refractivity contribution in [3.05, 3.63) is 85.9 Å². The third kappa shape index (κ3) is 3.88. The van der Waals surface area contributed by atoms with Crippen molar-refractivity contribution in [3.63, 3.8) is 0 Å². The van der Waals surface area contributed by atoms with Gasteiger partial charge in [0.25, 0.3) is 0 Å². The summed E-state index contributed by atoms with van der Waals surface area (Å²) < 4.78 is 0. The van der Waals surface area contributed by atoms with Gasteiger partial charge in [-0.25, -0.2) is 4.98 Å². The fraction of sp³-hybridized carbons (Fsp3) is 0.107. The van der Waals surface area contributed by atoms with Crippen LogP contribution in [0.25, 0.3) is 55.7 Å². The van der Waals surface area contributed by atoms with Gasteiger partial charge in [0.15, 0.2) is 5.82 Å². The number of nitrogens with zero attached hydrogens (tertiary/aromatic N) is 5. The molecule has 0 saturated heterocycles. The molecular formula is C28H24N8. The van der Waals surface area contributed by atoms with Gasteiger partial charge in [0.05, 0.1) is 29.1 Å². The highest BCUT2D eigenvalue weighted by molar-refractivity contribution is 5.98. The minimum Gasteiger partial charge on any atom is -0.358 e. The Kier molecular flexibility index (Phi) is 5.26. The van der Waals surface area contributed by atoms with Crippen molar-refractivity contribution in [2.45, 2.75) is 13.8 Å². The van der Waals surface area contributed by atoms with Crippen LogP contribution in [-0.4, -0.2) is 35.1 Å². The first-order valence-electron chi connectivity index (χ1n) is 11.7. The Morgan fingerprint density at radius 2 is 1.75 bits per heavy atom. The lowest BCUT2D eigenvalue weighted by atomic mass is 10.0. The van der Waals surface area contributed by atoms with E-state index in [0.29, 0.717) is 11.7 Å². The van der Waals surface area contributed by atoms with Crippen molar-refractivity contribution in [2.75, 3.05) is 5.32 Å². The summed E-state index contributed by atoms with van der Waals surface area (Å²) in [5.74, 6) is 1.00. The van der Waals surface area contributed by atoms with Crippen molar-refractivity contribution >= 4 is 27.6 Å². The van der Waals surface area contributed by atoms with Crippen molar-refractivity contribution in [1.29, 1.82) is 0 Å². The van der Waals surface area contributed by atoms with Crippen LogP contribution in [0.15, 0.2) is 85.9 Å². The summed E-state index contributed by atoms with van der Waals surface area (Å²) in [6.07, 6.45) is 10.8. The number of aromatic nitrogens is 7. The summed E-state index contributed by atoms with van der Waals surface area (Å²) in [5, 5.41) is 12.0. The van der Waals surface area contributed by atoms with E-state index in [1.165, 1.54) is 0 Å². The van der Waals surface area contributed by atoms with Crippen LogP contribution in [0, 0.1) is 5.92 Å². The maximum absolute atomic E-state index is 4.91. The van der Waals surface area contributed by atoms with Crippen molar-refractivity contribution in [2.24, 2.45) is 5.92 Å². The molecule has 0 saturated carbocycles. The van der Waals surface area contributed by atoms with Gasteiger partial charge in [-0.2, -0.15) is 5.10 Å². The van der Waals surface area contributed by atoms with Gasteiger partial charge in [0, 0.05) is 52.6 Å². The molecule has 0 bridgehead atoms. The van der Waals surface area contributed by atoms with Gasteiger partial charge in [-0.1, -0.05) is 32.6 Å². The van der Waals surface area contributed by atoms with E-state index in [9.17, 15) is 0 Å². The first-order valence-corrected chi connectivity index (χ1v) is 11.7. The topological polar surface area (TPSA) is 108 Å². The Bertz CT molecular complexity index is 1710. The van der Waals surface area contributed by atoms with Crippen molar-refractivity contribution < 1.29 is 0 Å². The average Bonchev–Trinajstić information content (AvgIpc) is 3.53. The van der Waals surface area contributed by atoms with Gasteiger partial charge in [-0.15, -0.1) is 0 Å². The quantitative estimate of drug-likeness (QED) is 0.266. The molecule has 5 aromatic heterocycles. The molecule has 5 heterocycles. The minimum atomic E-state index is 0.330. The number of H-pyrrole nitrogens is 2. The maximum atomic E-state index is 4.91. The van der Waals surface area contributed by atoms with Gasteiger partial charge < -0.3 is 10.3 Å². The molecule has 1 aromatic carbocycles. The molecule has 6 rings (SSSR count). The van der Waals surface area contributed by atoms with Gasteiger partial charge in [-0.05, 0) is 35.7 Å². The molecule has 8 heteroatoms. The number of nitrogens with one attached hydrogen (secondary N) is 3. The molecule has 0 atom stereocenters. The smallest absolute Gasteiger partial charge is 0.159 e. The van der Waals surface area contributed by atoms with Crippen molar-refractivity contribution in [1.82, 2.24) is 35.1 Å². The lowest BCUT2D eigenvalue weighted by molar-refractivity contribution is 0.778. The molecule has 6 aromatic rings. The predicted molar refractivity (Wildman–Crippen MR) is 143 cm³/mol. The second-order valence-corrected chi connectivity index (χ2v) is 9.01. The number of fused-ring (bicyclic) bond motifs is 2. The molecule has 0 radical (unpaired) electrons. The Morgan fingerprint density at radius 1 is 0.889 bits per heavy atom. The van der Waals surface area contributed by atoms with Gasteiger partial charge in [0.1, 0.15) is 11.2 Å². The first-order chi connectivity index (χ1) is 17.6. The molecule has 3 N–H and O–H groups in total. The highest BCUT2D eigenvalue weighted by Crippen LogP contribution is 2.33. The Morgan fingerprint density at radius 3 is 2.58 bits per heavy atom. The molecule has 0 spiro atoms. The Balaban J connectivity index is 1.41. The number of aromatic amines is 2. The molecule has 0 aliphatic heterocycles. The molecule has 176 valence electrons. The second-order valence-electron chi connectivity index (χ2n) is 9.01. The number of hydrogen-bond donors (Lipinski definition) is 3. The highest BCUT2D eigenvalue weighted by atomic mass is 15.1. The zero-order valence-corrected chi connectivity index (χ0v) is 19.9. The van der Waals surface area contributed by atoms with Crippen LogP contribution in [0.3, 0.4) is 0 Å².